The van der Waals surface area contributed by atoms with E-state index < -0.39 is 0 Å². The van der Waals surface area contributed by atoms with Gasteiger partial charge < -0.3 is 15.3 Å². The molecule has 1 fully saturated rings. The number of nitrogens with zero attached hydrogens (tertiary/aromatic N) is 6. The minimum Gasteiger partial charge on any atom is -0.395 e. The fourth-order valence-electron chi connectivity index (χ4n) is 4.09. The maximum atomic E-state index is 13.1. The fraction of sp³-hybridized carbons (Fsp3) is 0.269. The molecule has 3 aromatic heterocycles. The van der Waals surface area contributed by atoms with Crippen molar-refractivity contribution in [3.63, 3.8) is 0 Å². The van der Waals surface area contributed by atoms with Crippen molar-refractivity contribution in [2.24, 2.45) is 0 Å². The summed E-state index contributed by atoms with van der Waals surface area (Å²) in [5.74, 6) is 1.51. The van der Waals surface area contributed by atoms with Crippen LogP contribution >= 0.6 is 11.8 Å². The number of β-amino-alcohol motifs (C(OH)–C–C–N with tert-alkyl or cyclic N) is 1. The predicted octanol–water partition coefficient (Wildman–Crippen LogP) is 3.08. The van der Waals surface area contributed by atoms with Crippen molar-refractivity contribution in [3.05, 3.63) is 78.4 Å². The Hall–Kier alpha value is -3.60. The molecule has 1 aliphatic heterocycles. The zero-order chi connectivity index (χ0) is 24.7. The maximum Gasteiger partial charge on any atom is 0.259 e. The van der Waals surface area contributed by atoms with Crippen LogP contribution in [-0.4, -0.2) is 75.2 Å². The van der Waals surface area contributed by atoms with Crippen LogP contribution in [0.25, 0.3) is 10.8 Å². The summed E-state index contributed by atoms with van der Waals surface area (Å²) in [7, 11) is 0. The van der Waals surface area contributed by atoms with Crippen LogP contribution < -0.4 is 10.2 Å². The van der Waals surface area contributed by atoms with E-state index in [4.69, 9.17) is 10.1 Å². The predicted molar refractivity (Wildman–Crippen MR) is 141 cm³/mol. The van der Waals surface area contributed by atoms with Crippen LogP contribution in [0.2, 0.25) is 0 Å². The van der Waals surface area contributed by atoms with Gasteiger partial charge in [-0.2, -0.15) is 0 Å². The molecular weight excluding hydrogens is 474 g/mol. The van der Waals surface area contributed by atoms with E-state index in [1.54, 1.807) is 30.7 Å². The van der Waals surface area contributed by atoms with Gasteiger partial charge in [0.25, 0.3) is 5.91 Å². The number of anilines is 2. The third-order valence-electron chi connectivity index (χ3n) is 6.02. The van der Waals surface area contributed by atoms with Crippen LogP contribution in [0.5, 0.6) is 0 Å². The van der Waals surface area contributed by atoms with Gasteiger partial charge in [0.05, 0.1) is 17.9 Å². The number of hydrogen-bond donors (Lipinski definition) is 2. The number of fused-ring (bicyclic) bond motifs is 1. The average molecular weight is 502 g/mol. The van der Waals surface area contributed by atoms with Crippen LogP contribution in [0.3, 0.4) is 0 Å². The van der Waals surface area contributed by atoms with E-state index in [0.29, 0.717) is 34.7 Å². The van der Waals surface area contributed by atoms with E-state index in [1.165, 1.54) is 11.8 Å². The van der Waals surface area contributed by atoms with E-state index in [0.717, 1.165) is 42.6 Å². The molecule has 1 saturated heterocycles. The van der Waals surface area contributed by atoms with Gasteiger partial charge in [-0.25, -0.2) is 19.9 Å². The van der Waals surface area contributed by atoms with E-state index in [2.05, 4.69) is 30.1 Å². The molecule has 9 nitrogen and oxygen atoms in total. The Labute approximate surface area is 213 Å². The first-order valence-corrected chi connectivity index (χ1v) is 12.8. The molecule has 1 aromatic carbocycles. The summed E-state index contributed by atoms with van der Waals surface area (Å²) in [6.45, 7) is 4.27. The monoisotopic (exact) mass is 501 g/mol. The quantitative estimate of drug-likeness (QED) is 0.352. The number of nitrogens with one attached hydrogen (secondary N) is 1. The molecule has 4 heterocycles. The number of pyridine rings is 2. The van der Waals surface area contributed by atoms with Gasteiger partial charge in [-0.1, -0.05) is 36.0 Å². The molecule has 4 aromatic rings. The molecule has 0 saturated carbocycles. The van der Waals surface area contributed by atoms with Crippen molar-refractivity contribution in [2.75, 3.05) is 49.5 Å². The van der Waals surface area contributed by atoms with E-state index >= 15 is 0 Å². The molecule has 5 rings (SSSR count). The van der Waals surface area contributed by atoms with Crippen LogP contribution in [0.4, 0.5) is 11.8 Å². The lowest BCUT2D eigenvalue weighted by molar-refractivity contribution is 0.102. The number of carbonyl (C=O) groups excluding carboxylic acids is 1. The Morgan fingerprint density at radius 1 is 0.972 bits per heavy atom. The lowest BCUT2D eigenvalue weighted by Gasteiger charge is -2.34. The van der Waals surface area contributed by atoms with Crippen molar-refractivity contribution in [1.82, 2.24) is 24.8 Å². The van der Waals surface area contributed by atoms with Gasteiger partial charge in [0, 0.05) is 62.5 Å². The Bertz CT molecular complexity index is 1340. The van der Waals surface area contributed by atoms with Crippen molar-refractivity contribution < 1.29 is 9.90 Å². The minimum absolute atomic E-state index is 0.176. The summed E-state index contributed by atoms with van der Waals surface area (Å²) in [5.41, 5.74) is 1.36. The molecule has 10 heteroatoms. The number of hydrogen-bond acceptors (Lipinski definition) is 9. The van der Waals surface area contributed by atoms with E-state index in [1.807, 2.05) is 36.4 Å². The number of amides is 1. The standard InChI is InChI=1S/C26H27N7O2S/c34-15-14-32-10-12-33(13-11-32)26-28-9-7-21(30-26)18-36-25-22(6-3-8-27-25)24(35)31-23-16-19-4-1-2-5-20(19)17-29-23/h1-9,16-17,34H,10-15,18H2,(H,29,31,35). The summed E-state index contributed by atoms with van der Waals surface area (Å²) in [6.07, 6.45) is 5.21. The topological polar surface area (TPSA) is 107 Å². The number of aromatic nitrogens is 4. The second-order valence-electron chi connectivity index (χ2n) is 8.42. The third-order valence-corrected chi connectivity index (χ3v) is 7.06. The molecule has 0 atom stereocenters. The second kappa shape index (κ2) is 11.4. The zero-order valence-electron chi connectivity index (χ0n) is 19.7. The summed E-state index contributed by atoms with van der Waals surface area (Å²) in [5, 5.41) is 14.7. The first-order valence-electron chi connectivity index (χ1n) is 11.8. The molecule has 1 amide bonds. The van der Waals surface area contributed by atoms with Crippen LogP contribution in [0.1, 0.15) is 16.1 Å². The summed E-state index contributed by atoms with van der Waals surface area (Å²) in [6, 6.07) is 15.2. The molecule has 2 N–H and O–H groups in total. The van der Waals surface area contributed by atoms with Crippen LogP contribution in [-0.2, 0) is 5.75 Å². The van der Waals surface area contributed by atoms with Gasteiger partial charge in [-0.05, 0) is 29.7 Å². The smallest absolute Gasteiger partial charge is 0.259 e. The summed E-state index contributed by atoms with van der Waals surface area (Å²) < 4.78 is 0. The SMILES string of the molecule is O=C(Nc1cc2ccccc2cn1)c1cccnc1SCc1ccnc(N2CCN(CCO)CC2)n1. The minimum atomic E-state index is -0.252. The number of rotatable bonds is 8. The fourth-order valence-corrected chi connectivity index (χ4v) is 4.98. The lowest BCUT2D eigenvalue weighted by Crippen LogP contribution is -2.47. The van der Waals surface area contributed by atoms with Gasteiger partial charge in [0.2, 0.25) is 5.95 Å². The molecule has 0 radical (unpaired) electrons. The second-order valence-corrected chi connectivity index (χ2v) is 9.38. The highest BCUT2D eigenvalue weighted by Crippen LogP contribution is 2.25. The van der Waals surface area contributed by atoms with Gasteiger partial charge in [0.15, 0.2) is 0 Å². The van der Waals surface area contributed by atoms with Crippen LogP contribution in [0, 0.1) is 0 Å². The number of thioether (sulfide) groups is 1. The Morgan fingerprint density at radius 3 is 2.64 bits per heavy atom. The van der Waals surface area contributed by atoms with E-state index in [9.17, 15) is 4.79 Å². The number of benzene rings is 1. The molecule has 0 aliphatic carbocycles. The summed E-state index contributed by atoms with van der Waals surface area (Å²) >= 11 is 1.47. The van der Waals surface area contributed by atoms with Crippen molar-refractivity contribution in [3.8, 4) is 0 Å². The normalized spacial score (nSPS) is 14.2. The molecular formula is C26H27N7O2S. The highest BCUT2D eigenvalue weighted by molar-refractivity contribution is 7.98. The lowest BCUT2D eigenvalue weighted by atomic mass is 10.2. The summed E-state index contributed by atoms with van der Waals surface area (Å²) in [4.78, 5) is 35.5. The first kappa shape index (κ1) is 24.1. The molecule has 0 spiro atoms. The highest BCUT2D eigenvalue weighted by Gasteiger charge is 2.19. The molecule has 0 unspecified atom stereocenters. The largest absolute Gasteiger partial charge is 0.395 e. The van der Waals surface area contributed by atoms with Gasteiger partial charge in [-0.3, -0.25) is 9.69 Å². The number of aliphatic hydroxyl groups is 1. The van der Waals surface area contributed by atoms with Gasteiger partial charge in [-0.15, -0.1) is 0 Å². The van der Waals surface area contributed by atoms with Gasteiger partial charge in [0.1, 0.15) is 10.8 Å². The van der Waals surface area contributed by atoms with Crippen LogP contribution in [0.15, 0.2) is 72.1 Å². The van der Waals surface area contributed by atoms with Gasteiger partial charge >= 0.3 is 0 Å². The Balaban J connectivity index is 1.24. The maximum absolute atomic E-state index is 13.1. The zero-order valence-corrected chi connectivity index (χ0v) is 20.6. The molecule has 184 valence electrons. The van der Waals surface area contributed by atoms with Crippen molar-refractivity contribution >= 4 is 40.2 Å². The number of carbonyl (C=O) groups is 1. The van der Waals surface area contributed by atoms with Crippen molar-refractivity contribution in [1.29, 1.82) is 0 Å². The van der Waals surface area contributed by atoms with E-state index in [-0.39, 0.29) is 12.5 Å². The number of piperazine rings is 1. The van der Waals surface area contributed by atoms with Crippen molar-refractivity contribution in [2.45, 2.75) is 10.8 Å². The molecule has 0 bridgehead atoms. The Kier molecular flexibility index (Phi) is 7.65. The first-order chi connectivity index (χ1) is 17.7. The average Bonchev–Trinajstić information content (AvgIpc) is 2.93. The number of aliphatic hydroxyl groups excluding tert-OH is 1. The molecule has 36 heavy (non-hydrogen) atoms. The third kappa shape index (κ3) is 5.78. The molecule has 1 aliphatic rings. The highest BCUT2D eigenvalue weighted by atomic mass is 32.2. The Morgan fingerprint density at radius 2 is 1.81 bits per heavy atom.